The molecule has 2 heterocycles. The molecule has 0 saturated carbocycles. The molecule has 6 nitrogen and oxygen atoms in total. The maximum Gasteiger partial charge on any atom is 0.246 e. The number of sulfonamides is 1. The van der Waals surface area contributed by atoms with Gasteiger partial charge in [-0.05, 0) is 43.2 Å². The van der Waals surface area contributed by atoms with Crippen LogP contribution in [0.15, 0.2) is 47.6 Å². The van der Waals surface area contributed by atoms with Crippen LogP contribution in [0.3, 0.4) is 0 Å². The number of methoxy groups -OCH3 is 1. The van der Waals surface area contributed by atoms with Crippen LogP contribution in [0.4, 0.5) is 0 Å². The monoisotopic (exact) mass is 348 g/mol. The summed E-state index contributed by atoms with van der Waals surface area (Å²) in [6.45, 7) is 2.61. The summed E-state index contributed by atoms with van der Waals surface area (Å²) < 4.78 is 38.4. The maximum atomic E-state index is 12.9. The summed E-state index contributed by atoms with van der Waals surface area (Å²) in [6, 6.07) is 8.69. The first-order valence-electron chi connectivity index (χ1n) is 7.72. The first kappa shape index (κ1) is 16.7. The minimum atomic E-state index is -3.61. The van der Waals surface area contributed by atoms with Gasteiger partial charge in [-0.1, -0.05) is 6.07 Å². The number of pyridine rings is 1. The van der Waals surface area contributed by atoms with Crippen LogP contribution in [0, 0.1) is 6.92 Å². The molecule has 0 aliphatic carbocycles. The number of aromatic nitrogens is 1. The lowest BCUT2D eigenvalue weighted by atomic mass is 10.2. The van der Waals surface area contributed by atoms with Crippen molar-refractivity contribution in [2.75, 3.05) is 20.2 Å². The summed E-state index contributed by atoms with van der Waals surface area (Å²) in [4.78, 5) is 4.14. The van der Waals surface area contributed by atoms with Gasteiger partial charge in [0.25, 0.3) is 0 Å². The third kappa shape index (κ3) is 3.37. The molecule has 2 aromatic rings. The fourth-order valence-corrected chi connectivity index (χ4v) is 4.47. The van der Waals surface area contributed by atoms with Gasteiger partial charge in [0.2, 0.25) is 10.0 Å². The highest BCUT2D eigenvalue weighted by atomic mass is 32.2. The number of hydrogen-bond donors (Lipinski definition) is 0. The van der Waals surface area contributed by atoms with Crippen molar-refractivity contribution < 1.29 is 17.9 Å². The molecular formula is C17H20N2O4S. The second-order valence-electron chi connectivity index (χ2n) is 5.73. The number of aryl methyl sites for hydroxylation is 1. The molecule has 24 heavy (non-hydrogen) atoms. The molecule has 1 aliphatic heterocycles. The summed E-state index contributed by atoms with van der Waals surface area (Å²) in [5.41, 5.74) is 0.873. The Morgan fingerprint density at radius 3 is 2.67 bits per heavy atom. The molecule has 1 atom stereocenters. The standard InChI is InChI=1S/C17H20N2O4S/c1-13-3-4-16(22-2)17(11-13)24(20,21)19-10-7-15(12-19)23-14-5-8-18-9-6-14/h3-6,8-9,11,15H,7,10,12H2,1-2H3/t15-/m1/s1. The van der Waals surface area contributed by atoms with Crippen LogP contribution in [-0.2, 0) is 10.0 Å². The van der Waals surface area contributed by atoms with E-state index in [1.54, 1.807) is 36.7 Å². The summed E-state index contributed by atoms with van der Waals surface area (Å²) in [5, 5.41) is 0. The Morgan fingerprint density at radius 2 is 1.96 bits per heavy atom. The van der Waals surface area contributed by atoms with Crippen LogP contribution in [0.5, 0.6) is 11.5 Å². The summed E-state index contributed by atoms with van der Waals surface area (Å²) in [5.74, 6) is 1.06. The summed E-state index contributed by atoms with van der Waals surface area (Å²) >= 11 is 0. The summed E-state index contributed by atoms with van der Waals surface area (Å²) in [6.07, 6.45) is 3.78. The number of hydrogen-bond acceptors (Lipinski definition) is 5. The van der Waals surface area contributed by atoms with E-state index in [1.807, 2.05) is 13.0 Å². The quantitative estimate of drug-likeness (QED) is 0.829. The van der Waals surface area contributed by atoms with Crippen molar-refractivity contribution in [2.24, 2.45) is 0 Å². The first-order valence-corrected chi connectivity index (χ1v) is 9.16. The molecule has 0 amide bonds. The van der Waals surface area contributed by atoms with Crippen molar-refractivity contribution >= 4 is 10.0 Å². The van der Waals surface area contributed by atoms with Gasteiger partial charge in [0.05, 0.1) is 13.7 Å². The van der Waals surface area contributed by atoms with Crippen molar-refractivity contribution in [2.45, 2.75) is 24.3 Å². The molecule has 7 heteroatoms. The highest BCUT2D eigenvalue weighted by Gasteiger charge is 2.35. The number of ether oxygens (including phenoxy) is 2. The van der Waals surface area contributed by atoms with Crippen molar-refractivity contribution in [1.29, 1.82) is 0 Å². The van der Waals surface area contributed by atoms with E-state index in [9.17, 15) is 8.42 Å². The molecule has 1 fully saturated rings. The van der Waals surface area contributed by atoms with E-state index in [4.69, 9.17) is 9.47 Å². The molecule has 0 spiro atoms. The molecule has 1 aromatic heterocycles. The summed E-state index contributed by atoms with van der Waals surface area (Å²) in [7, 11) is -2.14. The van der Waals surface area contributed by atoms with E-state index in [2.05, 4.69) is 4.98 Å². The molecule has 1 aromatic carbocycles. The van der Waals surface area contributed by atoms with E-state index in [0.29, 0.717) is 31.0 Å². The predicted molar refractivity (Wildman–Crippen MR) is 89.8 cm³/mol. The van der Waals surface area contributed by atoms with Crippen LogP contribution in [0.1, 0.15) is 12.0 Å². The molecule has 0 unspecified atom stereocenters. The molecule has 3 rings (SSSR count). The van der Waals surface area contributed by atoms with Gasteiger partial charge in [-0.3, -0.25) is 4.98 Å². The first-order chi connectivity index (χ1) is 11.5. The van der Waals surface area contributed by atoms with Crippen LogP contribution in [-0.4, -0.2) is 44.0 Å². The zero-order valence-electron chi connectivity index (χ0n) is 13.7. The Morgan fingerprint density at radius 1 is 1.21 bits per heavy atom. The van der Waals surface area contributed by atoms with Gasteiger partial charge in [0.15, 0.2) is 0 Å². The van der Waals surface area contributed by atoms with Crippen molar-refractivity contribution in [3.05, 3.63) is 48.3 Å². The Hall–Kier alpha value is -2.12. The van der Waals surface area contributed by atoms with Crippen LogP contribution in [0.25, 0.3) is 0 Å². The van der Waals surface area contributed by atoms with Crippen LogP contribution in [0.2, 0.25) is 0 Å². The molecule has 128 valence electrons. The highest BCUT2D eigenvalue weighted by Crippen LogP contribution is 2.30. The topological polar surface area (TPSA) is 68.7 Å². The van der Waals surface area contributed by atoms with E-state index in [-0.39, 0.29) is 11.0 Å². The van der Waals surface area contributed by atoms with E-state index in [0.717, 1.165) is 5.56 Å². The van der Waals surface area contributed by atoms with E-state index >= 15 is 0 Å². The van der Waals surface area contributed by atoms with Gasteiger partial charge in [0, 0.05) is 18.9 Å². The molecule has 1 saturated heterocycles. The molecule has 0 radical (unpaired) electrons. The lowest BCUT2D eigenvalue weighted by Gasteiger charge is -2.19. The van der Waals surface area contributed by atoms with Gasteiger partial charge in [-0.25, -0.2) is 8.42 Å². The Bertz CT molecular complexity index is 809. The minimum absolute atomic E-state index is 0.169. The van der Waals surface area contributed by atoms with Gasteiger partial charge in [-0.2, -0.15) is 4.31 Å². The molecule has 0 bridgehead atoms. The van der Waals surface area contributed by atoms with Gasteiger partial charge in [-0.15, -0.1) is 0 Å². The molecule has 1 aliphatic rings. The van der Waals surface area contributed by atoms with Crippen molar-refractivity contribution in [3.8, 4) is 11.5 Å². The van der Waals surface area contributed by atoms with Gasteiger partial charge in [0.1, 0.15) is 22.5 Å². The fourth-order valence-electron chi connectivity index (χ4n) is 2.75. The number of benzene rings is 1. The van der Waals surface area contributed by atoms with E-state index < -0.39 is 10.0 Å². The van der Waals surface area contributed by atoms with Crippen LogP contribution >= 0.6 is 0 Å². The third-order valence-corrected chi connectivity index (χ3v) is 5.88. The highest BCUT2D eigenvalue weighted by molar-refractivity contribution is 7.89. The van der Waals surface area contributed by atoms with Crippen LogP contribution < -0.4 is 9.47 Å². The fraction of sp³-hybridized carbons (Fsp3) is 0.353. The number of nitrogens with zero attached hydrogens (tertiary/aromatic N) is 2. The molecular weight excluding hydrogens is 328 g/mol. The van der Waals surface area contributed by atoms with E-state index in [1.165, 1.54) is 11.4 Å². The SMILES string of the molecule is COc1ccc(C)cc1S(=O)(=O)N1CC[C@@H](Oc2ccncc2)C1. The lowest BCUT2D eigenvalue weighted by molar-refractivity contribution is 0.215. The van der Waals surface area contributed by atoms with Crippen molar-refractivity contribution in [1.82, 2.24) is 9.29 Å². The smallest absolute Gasteiger partial charge is 0.246 e. The largest absolute Gasteiger partial charge is 0.495 e. The Labute approximate surface area is 142 Å². The second kappa shape index (κ2) is 6.78. The average Bonchev–Trinajstić information content (AvgIpc) is 3.05. The molecule has 0 N–H and O–H groups in total. The Balaban J connectivity index is 1.78. The zero-order chi connectivity index (χ0) is 17.2. The van der Waals surface area contributed by atoms with Gasteiger partial charge < -0.3 is 9.47 Å². The lowest BCUT2D eigenvalue weighted by Crippen LogP contribution is -2.31. The zero-order valence-corrected chi connectivity index (χ0v) is 14.5. The van der Waals surface area contributed by atoms with Crippen molar-refractivity contribution in [3.63, 3.8) is 0 Å². The number of rotatable bonds is 5. The van der Waals surface area contributed by atoms with Gasteiger partial charge >= 0.3 is 0 Å². The normalized spacial score (nSPS) is 18.5. The average molecular weight is 348 g/mol. The second-order valence-corrected chi connectivity index (χ2v) is 7.64. The third-order valence-electron chi connectivity index (χ3n) is 4.00. The Kier molecular flexibility index (Phi) is 4.73. The minimum Gasteiger partial charge on any atom is -0.495 e. The predicted octanol–water partition coefficient (Wildman–Crippen LogP) is 2.24. The maximum absolute atomic E-state index is 12.9.